The van der Waals surface area contributed by atoms with Gasteiger partial charge in [-0.3, -0.25) is 4.79 Å². The molecule has 2 aromatic heterocycles. The Morgan fingerprint density at radius 1 is 1.29 bits per heavy atom. The lowest BCUT2D eigenvalue weighted by Crippen LogP contribution is -2.23. The molecule has 0 spiro atoms. The first kappa shape index (κ1) is 16.7. The number of amides is 1. The number of benzene rings is 1. The van der Waals surface area contributed by atoms with E-state index in [1.165, 1.54) is 0 Å². The van der Waals surface area contributed by atoms with Gasteiger partial charge in [0, 0.05) is 9.90 Å². The Balaban J connectivity index is 1.88. The second kappa shape index (κ2) is 7.20. The van der Waals surface area contributed by atoms with Crippen LogP contribution in [0.1, 0.15) is 40.7 Å². The van der Waals surface area contributed by atoms with Crippen molar-refractivity contribution in [2.75, 3.05) is 0 Å². The largest absolute Gasteiger partial charge is 0.347 e. The van der Waals surface area contributed by atoms with Crippen molar-refractivity contribution >= 4 is 28.8 Å². The van der Waals surface area contributed by atoms with Crippen LogP contribution < -0.4 is 5.32 Å². The quantitative estimate of drug-likeness (QED) is 0.721. The van der Waals surface area contributed by atoms with E-state index in [0.717, 1.165) is 16.3 Å². The summed E-state index contributed by atoms with van der Waals surface area (Å²) in [5.74, 6) is 0.0537. The second-order valence-corrected chi connectivity index (χ2v) is 7.22. The van der Waals surface area contributed by atoms with E-state index in [1.807, 2.05) is 41.8 Å². The van der Waals surface area contributed by atoms with Crippen molar-refractivity contribution in [1.29, 1.82) is 0 Å². The van der Waals surface area contributed by atoms with E-state index in [4.69, 9.17) is 11.6 Å². The maximum absolute atomic E-state index is 12.6. The molecular formula is C18H18ClN3OS. The van der Waals surface area contributed by atoms with E-state index < -0.39 is 0 Å². The normalized spacial score (nSPS) is 11.0. The summed E-state index contributed by atoms with van der Waals surface area (Å²) in [6.07, 6.45) is 1.63. The molecule has 124 valence electrons. The Bertz CT molecular complexity index is 823. The van der Waals surface area contributed by atoms with Crippen LogP contribution in [0.5, 0.6) is 0 Å². The molecule has 6 heteroatoms. The average Bonchev–Trinajstić information content (AvgIpc) is 3.22. The monoisotopic (exact) mass is 359 g/mol. The molecule has 2 heterocycles. The SMILES string of the molecule is CC(C)c1c(C(=O)NCc2cccs2)cnn1-c1ccc(Cl)cc1. The molecule has 0 bridgehead atoms. The van der Waals surface area contributed by atoms with E-state index in [-0.39, 0.29) is 11.8 Å². The van der Waals surface area contributed by atoms with Gasteiger partial charge >= 0.3 is 0 Å². The minimum absolute atomic E-state index is 0.104. The molecule has 24 heavy (non-hydrogen) atoms. The van der Waals surface area contributed by atoms with Crippen molar-refractivity contribution in [3.05, 3.63) is 69.1 Å². The second-order valence-electron chi connectivity index (χ2n) is 5.75. The maximum atomic E-state index is 12.6. The predicted octanol–water partition coefficient (Wildman–Crippen LogP) is 4.64. The van der Waals surface area contributed by atoms with Crippen LogP contribution in [0.15, 0.2) is 48.0 Å². The van der Waals surface area contributed by atoms with Crippen molar-refractivity contribution in [2.24, 2.45) is 0 Å². The predicted molar refractivity (Wildman–Crippen MR) is 98.2 cm³/mol. The van der Waals surface area contributed by atoms with Crippen molar-refractivity contribution in [2.45, 2.75) is 26.3 Å². The van der Waals surface area contributed by atoms with Crippen LogP contribution in [0.4, 0.5) is 0 Å². The third kappa shape index (κ3) is 3.52. The molecule has 1 N–H and O–H groups in total. The van der Waals surface area contributed by atoms with Crippen LogP contribution in [-0.4, -0.2) is 15.7 Å². The molecule has 3 aromatic rings. The van der Waals surface area contributed by atoms with Crippen LogP contribution >= 0.6 is 22.9 Å². The zero-order chi connectivity index (χ0) is 17.1. The molecule has 4 nitrogen and oxygen atoms in total. The van der Waals surface area contributed by atoms with Gasteiger partial charge in [-0.25, -0.2) is 4.68 Å². The van der Waals surface area contributed by atoms with E-state index in [0.29, 0.717) is 17.1 Å². The van der Waals surface area contributed by atoms with E-state index in [2.05, 4.69) is 24.3 Å². The molecule has 0 saturated carbocycles. The van der Waals surface area contributed by atoms with E-state index in [1.54, 1.807) is 22.2 Å². The van der Waals surface area contributed by atoms with Crippen LogP contribution in [-0.2, 0) is 6.54 Å². The fraction of sp³-hybridized carbons (Fsp3) is 0.222. The lowest BCUT2D eigenvalue weighted by molar-refractivity contribution is 0.0950. The summed E-state index contributed by atoms with van der Waals surface area (Å²) in [6, 6.07) is 11.4. The van der Waals surface area contributed by atoms with Crippen LogP contribution in [0.25, 0.3) is 5.69 Å². The summed E-state index contributed by atoms with van der Waals surface area (Å²) < 4.78 is 1.81. The highest BCUT2D eigenvalue weighted by Gasteiger charge is 2.20. The van der Waals surface area contributed by atoms with Crippen LogP contribution in [0.3, 0.4) is 0 Å². The van der Waals surface area contributed by atoms with E-state index in [9.17, 15) is 4.79 Å². The molecule has 0 atom stereocenters. The standard InChI is InChI=1S/C18H18ClN3OS/c1-12(2)17-16(18(23)20-10-15-4-3-9-24-15)11-21-22(17)14-7-5-13(19)6-8-14/h3-9,11-12H,10H2,1-2H3,(H,20,23). The van der Waals surface area contributed by atoms with Gasteiger partial charge in [0.1, 0.15) is 0 Å². The lowest BCUT2D eigenvalue weighted by atomic mass is 10.1. The van der Waals surface area contributed by atoms with Gasteiger partial charge in [-0.1, -0.05) is 31.5 Å². The topological polar surface area (TPSA) is 46.9 Å². The molecular weight excluding hydrogens is 342 g/mol. The van der Waals surface area contributed by atoms with Gasteiger partial charge in [-0.05, 0) is 41.6 Å². The minimum Gasteiger partial charge on any atom is -0.347 e. The number of rotatable bonds is 5. The highest BCUT2D eigenvalue weighted by Crippen LogP contribution is 2.24. The number of nitrogens with one attached hydrogen (secondary N) is 1. The zero-order valence-electron chi connectivity index (χ0n) is 13.5. The number of thiophene rings is 1. The van der Waals surface area contributed by atoms with Crippen LogP contribution in [0.2, 0.25) is 5.02 Å². The maximum Gasteiger partial charge on any atom is 0.255 e. The van der Waals surface area contributed by atoms with Gasteiger partial charge in [0.2, 0.25) is 0 Å². The molecule has 1 amide bonds. The molecule has 3 rings (SSSR count). The van der Waals surface area contributed by atoms with Gasteiger partial charge in [0.05, 0.1) is 29.7 Å². The smallest absolute Gasteiger partial charge is 0.255 e. The number of hydrogen-bond acceptors (Lipinski definition) is 3. The van der Waals surface area contributed by atoms with Crippen molar-refractivity contribution in [1.82, 2.24) is 15.1 Å². The Labute approximate surface area is 150 Å². The number of aromatic nitrogens is 2. The molecule has 0 saturated heterocycles. The fourth-order valence-corrected chi connectivity index (χ4v) is 3.32. The third-order valence-corrected chi connectivity index (χ3v) is 4.80. The van der Waals surface area contributed by atoms with Gasteiger partial charge < -0.3 is 5.32 Å². The minimum atomic E-state index is -0.104. The Hall–Kier alpha value is -2.11. The van der Waals surface area contributed by atoms with Gasteiger partial charge in [-0.2, -0.15) is 5.10 Å². The molecule has 0 aliphatic carbocycles. The number of hydrogen-bond donors (Lipinski definition) is 1. The summed E-state index contributed by atoms with van der Waals surface area (Å²) >= 11 is 7.58. The third-order valence-electron chi connectivity index (χ3n) is 3.67. The fourth-order valence-electron chi connectivity index (χ4n) is 2.55. The molecule has 0 radical (unpaired) electrons. The Morgan fingerprint density at radius 3 is 2.67 bits per heavy atom. The summed E-state index contributed by atoms with van der Waals surface area (Å²) in [5, 5.41) is 10.1. The molecule has 1 aromatic carbocycles. The number of carbonyl (C=O) groups is 1. The summed E-state index contributed by atoms with van der Waals surface area (Å²) in [4.78, 5) is 13.7. The number of nitrogens with zero attached hydrogens (tertiary/aromatic N) is 2. The average molecular weight is 360 g/mol. The summed E-state index contributed by atoms with van der Waals surface area (Å²) in [6.45, 7) is 4.64. The van der Waals surface area contributed by atoms with Crippen molar-refractivity contribution in [3.63, 3.8) is 0 Å². The van der Waals surface area contributed by atoms with Crippen LogP contribution in [0, 0.1) is 0 Å². The molecule has 0 aliphatic heterocycles. The highest BCUT2D eigenvalue weighted by molar-refractivity contribution is 7.09. The number of carbonyl (C=O) groups excluding carboxylic acids is 1. The summed E-state index contributed by atoms with van der Waals surface area (Å²) in [5.41, 5.74) is 2.39. The van der Waals surface area contributed by atoms with Gasteiger partial charge in [0.25, 0.3) is 5.91 Å². The first-order valence-corrected chi connectivity index (χ1v) is 8.96. The van der Waals surface area contributed by atoms with Gasteiger partial charge in [0.15, 0.2) is 0 Å². The highest BCUT2D eigenvalue weighted by atomic mass is 35.5. The zero-order valence-corrected chi connectivity index (χ0v) is 15.1. The Kier molecular flexibility index (Phi) is 5.02. The Morgan fingerprint density at radius 2 is 2.04 bits per heavy atom. The lowest BCUT2D eigenvalue weighted by Gasteiger charge is -2.13. The first-order valence-electron chi connectivity index (χ1n) is 7.70. The van der Waals surface area contributed by atoms with Crippen molar-refractivity contribution < 1.29 is 4.79 Å². The van der Waals surface area contributed by atoms with Gasteiger partial charge in [-0.15, -0.1) is 11.3 Å². The molecule has 0 aliphatic rings. The van der Waals surface area contributed by atoms with E-state index >= 15 is 0 Å². The number of halogens is 1. The first-order chi connectivity index (χ1) is 11.6. The summed E-state index contributed by atoms with van der Waals surface area (Å²) in [7, 11) is 0. The van der Waals surface area contributed by atoms with Crippen molar-refractivity contribution in [3.8, 4) is 5.69 Å². The molecule has 0 unspecified atom stereocenters. The molecule has 0 fully saturated rings.